The van der Waals surface area contributed by atoms with Crippen LogP contribution < -0.4 is 4.72 Å². The number of sulfonamides is 1. The Morgan fingerprint density at radius 1 is 1.00 bits per heavy atom. The van der Waals surface area contributed by atoms with Crippen LogP contribution in [0.1, 0.15) is 68.4 Å². The van der Waals surface area contributed by atoms with Crippen LogP contribution in [-0.2, 0) is 16.2 Å². The van der Waals surface area contributed by atoms with Crippen LogP contribution in [-0.4, -0.2) is 31.4 Å². The Hall–Kier alpha value is -1.36. The van der Waals surface area contributed by atoms with Crippen molar-refractivity contribution >= 4 is 10.0 Å². The highest BCUT2D eigenvalue weighted by Gasteiger charge is 2.45. The number of nitrogens with one attached hydrogen (secondary N) is 1. The first-order valence-corrected chi connectivity index (χ1v) is 12.0. The molecule has 1 aromatic rings. The summed E-state index contributed by atoms with van der Waals surface area (Å²) in [7, 11) is -3.93. The smallest absolute Gasteiger partial charge is 0.264 e. The summed E-state index contributed by atoms with van der Waals surface area (Å²) < 4.78 is 107. The Labute approximate surface area is 177 Å². The molecule has 1 N–H and O–H groups in total. The fraction of sp³-hybridized carbons (Fsp3) is 0.750. The molecule has 2 saturated carbocycles. The summed E-state index contributed by atoms with van der Waals surface area (Å²) in [5.74, 6) is -2.16. The molecule has 2 fully saturated rings. The Balaban J connectivity index is 1.63. The molecule has 1 heterocycles. The normalized spacial score (nSPS) is 28.5. The van der Waals surface area contributed by atoms with Crippen LogP contribution >= 0.6 is 0 Å². The van der Waals surface area contributed by atoms with E-state index >= 15 is 0 Å². The largest absolute Gasteiger partial charge is 0.418 e. The molecule has 2 aliphatic rings. The van der Waals surface area contributed by atoms with Crippen LogP contribution in [0.15, 0.2) is 18.5 Å². The second kappa shape index (κ2) is 9.25. The van der Waals surface area contributed by atoms with Crippen LogP contribution in [0.5, 0.6) is 0 Å². The number of hydrogen-bond donors (Lipinski definition) is 1. The van der Waals surface area contributed by atoms with Crippen LogP contribution in [0.4, 0.5) is 26.3 Å². The fourth-order valence-electron chi connectivity index (χ4n) is 4.83. The van der Waals surface area contributed by atoms with Crippen molar-refractivity contribution in [3.05, 3.63) is 29.6 Å². The zero-order valence-corrected chi connectivity index (χ0v) is 17.7. The van der Waals surface area contributed by atoms with Crippen LogP contribution in [0.3, 0.4) is 0 Å². The Kier molecular flexibility index (Phi) is 7.25. The van der Waals surface area contributed by atoms with Gasteiger partial charge in [-0.1, -0.05) is 12.8 Å². The Morgan fingerprint density at radius 2 is 1.71 bits per heavy atom. The molecule has 4 nitrogen and oxygen atoms in total. The number of hydrogen-bond acceptors (Lipinski definition) is 3. The lowest BCUT2D eigenvalue weighted by Crippen LogP contribution is -2.42. The quantitative estimate of drug-likeness (QED) is 0.583. The monoisotopic (exact) mass is 472 g/mol. The second-order valence-electron chi connectivity index (χ2n) is 8.61. The van der Waals surface area contributed by atoms with Crippen molar-refractivity contribution in [1.29, 1.82) is 0 Å². The van der Waals surface area contributed by atoms with Gasteiger partial charge >= 0.3 is 12.4 Å². The molecule has 31 heavy (non-hydrogen) atoms. The van der Waals surface area contributed by atoms with E-state index in [1.165, 1.54) is 12.3 Å². The van der Waals surface area contributed by atoms with E-state index in [1.54, 1.807) is 0 Å². The van der Waals surface area contributed by atoms with Crippen molar-refractivity contribution in [2.24, 2.45) is 11.8 Å². The van der Waals surface area contributed by atoms with Gasteiger partial charge in [-0.15, -0.1) is 0 Å². The minimum absolute atomic E-state index is 0.0262. The number of aromatic nitrogens is 1. The lowest BCUT2D eigenvalue weighted by Gasteiger charge is -2.33. The Morgan fingerprint density at radius 3 is 2.39 bits per heavy atom. The maximum atomic E-state index is 13.3. The van der Waals surface area contributed by atoms with Crippen LogP contribution in [0.25, 0.3) is 0 Å². The highest BCUT2D eigenvalue weighted by molar-refractivity contribution is 7.90. The summed E-state index contributed by atoms with van der Waals surface area (Å²) >= 11 is 0. The maximum Gasteiger partial charge on any atom is 0.418 e. The minimum Gasteiger partial charge on any atom is -0.264 e. The SMILES string of the molecule is O=S(=O)(NCC1CCCC(c2ccncc2C(F)(F)F)C1)C1CCCC(C(F)(F)F)C1. The fourth-order valence-corrected chi connectivity index (χ4v) is 6.50. The maximum absolute atomic E-state index is 13.3. The van der Waals surface area contributed by atoms with E-state index in [9.17, 15) is 34.8 Å². The molecule has 0 aliphatic heterocycles. The molecule has 176 valence electrons. The summed E-state index contributed by atoms with van der Waals surface area (Å²) in [6.07, 6.45) is -4.69. The van der Waals surface area contributed by atoms with Gasteiger partial charge in [-0.3, -0.25) is 4.98 Å². The van der Waals surface area contributed by atoms with Crippen molar-refractivity contribution in [3.63, 3.8) is 0 Å². The molecule has 4 unspecified atom stereocenters. The van der Waals surface area contributed by atoms with Gasteiger partial charge in [-0.2, -0.15) is 26.3 Å². The number of rotatable bonds is 5. The molecule has 0 saturated heterocycles. The third-order valence-corrected chi connectivity index (χ3v) is 8.36. The summed E-state index contributed by atoms with van der Waals surface area (Å²) in [5, 5.41) is -1.09. The standard InChI is InChI=1S/C20H26F6N2O2S/c21-19(22,23)15-5-2-6-16(10-15)31(29,30)28-11-13-3-1-4-14(9-13)17-7-8-27-12-18(17)20(24,25)26/h7-8,12-16,28H,1-6,9-11H2. The van der Waals surface area contributed by atoms with Gasteiger partial charge in [-0.25, -0.2) is 13.1 Å². The number of halogens is 6. The van der Waals surface area contributed by atoms with E-state index < -0.39 is 45.5 Å². The van der Waals surface area contributed by atoms with Gasteiger partial charge < -0.3 is 0 Å². The minimum atomic E-state index is -4.52. The molecular formula is C20H26F6N2O2S. The molecule has 0 aromatic carbocycles. The third-order valence-electron chi connectivity index (χ3n) is 6.48. The molecule has 0 spiro atoms. The predicted molar refractivity (Wildman–Crippen MR) is 103 cm³/mol. The average molecular weight is 472 g/mol. The van der Waals surface area contributed by atoms with Crippen LogP contribution in [0.2, 0.25) is 0 Å². The summed E-state index contributed by atoms with van der Waals surface area (Å²) in [6, 6.07) is 1.36. The van der Waals surface area contributed by atoms with Gasteiger partial charge in [0.2, 0.25) is 10.0 Å². The highest BCUT2D eigenvalue weighted by Crippen LogP contribution is 2.42. The van der Waals surface area contributed by atoms with Crippen molar-refractivity contribution in [2.45, 2.75) is 74.9 Å². The highest BCUT2D eigenvalue weighted by atomic mass is 32.2. The lowest BCUT2D eigenvalue weighted by molar-refractivity contribution is -0.181. The first kappa shape index (κ1) is 24.3. The van der Waals surface area contributed by atoms with E-state index in [2.05, 4.69) is 9.71 Å². The molecule has 0 bridgehead atoms. The van der Waals surface area contributed by atoms with Crippen LogP contribution in [0, 0.1) is 11.8 Å². The number of pyridine rings is 1. The molecule has 0 amide bonds. The second-order valence-corrected chi connectivity index (χ2v) is 10.7. The van der Waals surface area contributed by atoms with E-state index in [4.69, 9.17) is 0 Å². The van der Waals surface area contributed by atoms with Gasteiger partial charge in [0.1, 0.15) is 0 Å². The van der Waals surface area contributed by atoms with Crippen molar-refractivity contribution in [2.75, 3.05) is 6.54 Å². The summed E-state index contributed by atoms with van der Waals surface area (Å²) in [5.41, 5.74) is -0.614. The molecule has 2 aliphatic carbocycles. The summed E-state index contributed by atoms with van der Waals surface area (Å²) in [4.78, 5) is 3.58. The van der Waals surface area contributed by atoms with E-state index in [-0.39, 0.29) is 43.2 Å². The van der Waals surface area contributed by atoms with E-state index in [0.29, 0.717) is 25.7 Å². The third kappa shape index (κ3) is 6.12. The number of alkyl halides is 6. The van der Waals surface area contributed by atoms with Crippen molar-refractivity contribution in [1.82, 2.24) is 9.71 Å². The molecule has 4 atom stereocenters. The summed E-state index contributed by atoms with van der Waals surface area (Å²) in [6.45, 7) is 0.0262. The predicted octanol–water partition coefficient (Wildman–Crippen LogP) is 5.41. The topological polar surface area (TPSA) is 59.1 Å². The van der Waals surface area contributed by atoms with E-state index in [1.807, 2.05) is 0 Å². The zero-order valence-electron chi connectivity index (χ0n) is 16.8. The molecule has 3 rings (SSSR count). The van der Waals surface area contributed by atoms with Gasteiger partial charge in [-0.05, 0) is 62.0 Å². The van der Waals surface area contributed by atoms with Gasteiger partial charge in [0.25, 0.3) is 0 Å². The molecular weight excluding hydrogens is 446 g/mol. The van der Waals surface area contributed by atoms with Crippen molar-refractivity contribution < 1.29 is 34.8 Å². The molecule has 11 heteroatoms. The van der Waals surface area contributed by atoms with E-state index in [0.717, 1.165) is 6.20 Å². The molecule has 1 aromatic heterocycles. The van der Waals surface area contributed by atoms with Crippen molar-refractivity contribution in [3.8, 4) is 0 Å². The van der Waals surface area contributed by atoms with Gasteiger partial charge in [0, 0.05) is 18.9 Å². The van der Waals surface area contributed by atoms with Gasteiger partial charge in [0.05, 0.1) is 16.7 Å². The number of nitrogens with zero attached hydrogens (tertiary/aromatic N) is 1. The van der Waals surface area contributed by atoms with Gasteiger partial charge in [0.15, 0.2) is 0 Å². The Bertz CT molecular complexity index is 856. The lowest BCUT2D eigenvalue weighted by atomic mass is 9.77. The first-order valence-electron chi connectivity index (χ1n) is 10.4. The molecule has 0 radical (unpaired) electrons. The zero-order chi connectivity index (χ0) is 22.9. The first-order chi connectivity index (χ1) is 14.4. The average Bonchev–Trinajstić information content (AvgIpc) is 2.71.